The monoisotopic (exact) mass is 290 g/mol. The number of hydrogen-bond donors (Lipinski definition) is 1. The molecular weight excluding hydrogens is 260 g/mol. The molecule has 0 radical (unpaired) electrons. The van der Waals surface area contributed by atoms with Crippen LogP contribution < -0.4 is 5.73 Å². The van der Waals surface area contributed by atoms with E-state index >= 15 is 0 Å². The van der Waals surface area contributed by atoms with Crippen molar-refractivity contribution in [3.05, 3.63) is 35.4 Å². The molecule has 0 saturated heterocycles. The van der Waals surface area contributed by atoms with Gasteiger partial charge in [-0.25, -0.2) is 0 Å². The lowest BCUT2D eigenvalue weighted by Gasteiger charge is -2.20. The highest BCUT2D eigenvalue weighted by Crippen LogP contribution is 2.18. The van der Waals surface area contributed by atoms with Gasteiger partial charge >= 0.3 is 0 Å². The van der Waals surface area contributed by atoms with E-state index < -0.39 is 0 Å². The summed E-state index contributed by atoms with van der Waals surface area (Å²) >= 11 is 0. The molecule has 0 saturated carbocycles. The van der Waals surface area contributed by atoms with E-state index in [-0.39, 0.29) is 5.91 Å². The molecule has 3 nitrogen and oxygen atoms in total. The lowest BCUT2D eigenvalue weighted by molar-refractivity contribution is -0.130. The smallest absolute Gasteiger partial charge is 0.222 e. The number of benzene rings is 1. The summed E-state index contributed by atoms with van der Waals surface area (Å²) in [6.45, 7) is 5.68. The standard InChI is InChI=1S/C18H30N2O/c1-4-6-16(11-12-19)9-10-18(21)20(3)14-17-8-5-7-15(2)13-17/h5,7-8,13,16H,4,6,9-12,14,19H2,1-3H3. The molecule has 3 heteroatoms. The minimum atomic E-state index is 0.231. The van der Waals surface area contributed by atoms with Crippen LogP contribution in [-0.4, -0.2) is 24.4 Å². The fourth-order valence-corrected chi connectivity index (χ4v) is 2.77. The Morgan fingerprint density at radius 2 is 2.05 bits per heavy atom. The Balaban J connectivity index is 2.43. The second-order valence-corrected chi connectivity index (χ2v) is 6.01. The number of aryl methyl sites for hydroxylation is 1. The molecule has 1 aromatic carbocycles. The van der Waals surface area contributed by atoms with Gasteiger partial charge in [0.25, 0.3) is 0 Å². The van der Waals surface area contributed by atoms with Crippen LogP contribution in [0.1, 0.15) is 50.2 Å². The van der Waals surface area contributed by atoms with Crippen molar-refractivity contribution in [2.45, 2.75) is 52.5 Å². The molecule has 0 bridgehead atoms. The van der Waals surface area contributed by atoms with Crippen molar-refractivity contribution in [2.24, 2.45) is 11.7 Å². The average Bonchev–Trinajstić information content (AvgIpc) is 2.45. The van der Waals surface area contributed by atoms with Gasteiger partial charge in [0.2, 0.25) is 5.91 Å². The molecule has 1 amide bonds. The van der Waals surface area contributed by atoms with Crippen molar-refractivity contribution in [3.63, 3.8) is 0 Å². The first-order valence-electron chi connectivity index (χ1n) is 8.06. The Morgan fingerprint density at radius 3 is 2.67 bits per heavy atom. The summed E-state index contributed by atoms with van der Waals surface area (Å²) < 4.78 is 0. The van der Waals surface area contributed by atoms with Crippen LogP contribution in [0.5, 0.6) is 0 Å². The minimum absolute atomic E-state index is 0.231. The van der Waals surface area contributed by atoms with E-state index in [1.165, 1.54) is 17.5 Å². The maximum Gasteiger partial charge on any atom is 0.222 e. The summed E-state index contributed by atoms with van der Waals surface area (Å²) in [7, 11) is 1.89. The van der Waals surface area contributed by atoms with Gasteiger partial charge in [0.1, 0.15) is 0 Å². The molecule has 118 valence electrons. The third-order valence-corrected chi connectivity index (χ3v) is 3.97. The van der Waals surface area contributed by atoms with Gasteiger partial charge in [-0.3, -0.25) is 4.79 Å². The van der Waals surface area contributed by atoms with Gasteiger partial charge in [-0.05, 0) is 37.8 Å². The summed E-state index contributed by atoms with van der Waals surface area (Å²) in [5.74, 6) is 0.825. The van der Waals surface area contributed by atoms with E-state index in [1.807, 2.05) is 18.0 Å². The number of rotatable bonds is 9. The number of nitrogens with zero attached hydrogens (tertiary/aromatic N) is 1. The zero-order valence-corrected chi connectivity index (χ0v) is 13.8. The van der Waals surface area contributed by atoms with E-state index in [9.17, 15) is 4.79 Å². The van der Waals surface area contributed by atoms with Crippen LogP contribution in [-0.2, 0) is 11.3 Å². The van der Waals surface area contributed by atoms with Crippen molar-refractivity contribution in [1.82, 2.24) is 4.90 Å². The van der Waals surface area contributed by atoms with Crippen LogP contribution in [0.25, 0.3) is 0 Å². The molecule has 21 heavy (non-hydrogen) atoms. The molecule has 1 unspecified atom stereocenters. The average molecular weight is 290 g/mol. The molecule has 2 N–H and O–H groups in total. The fraction of sp³-hybridized carbons (Fsp3) is 0.611. The number of carbonyl (C=O) groups excluding carboxylic acids is 1. The number of carbonyl (C=O) groups is 1. The lowest BCUT2D eigenvalue weighted by atomic mass is 9.94. The summed E-state index contributed by atoms with van der Waals surface area (Å²) in [6.07, 6.45) is 4.96. The second kappa shape index (κ2) is 9.56. The van der Waals surface area contributed by atoms with Crippen LogP contribution in [0.15, 0.2) is 24.3 Å². The molecule has 0 fully saturated rings. The molecular formula is C18H30N2O. The Bertz CT molecular complexity index is 425. The van der Waals surface area contributed by atoms with Crippen molar-refractivity contribution >= 4 is 5.91 Å². The molecule has 1 aromatic rings. The first-order valence-corrected chi connectivity index (χ1v) is 8.06. The zero-order valence-electron chi connectivity index (χ0n) is 13.8. The van der Waals surface area contributed by atoms with Gasteiger partial charge in [-0.2, -0.15) is 0 Å². The zero-order chi connectivity index (χ0) is 15.7. The third kappa shape index (κ3) is 6.76. The molecule has 1 rings (SSSR count). The predicted molar refractivity (Wildman–Crippen MR) is 89.0 cm³/mol. The highest BCUT2D eigenvalue weighted by atomic mass is 16.2. The second-order valence-electron chi connectivity index (χ2n) is 6.01. The summed E-state index contributed by atoms with van der Waals surface area (Å²) in [6, 6.07) is 8.33. The van der Waals surface area contributed by atoms with E-state index in [4.69, 9.17) is 5.73 Å². The highest BCUT2D eigenvalue weighted by Gasteiger charge is 2.13. The molecule has 0 aliphatic carbocycles. The van der Waals surface area contributed by atoms with Crippen molar-refractivity contribution in [1.29, 1.82) is 0 Å². The van der Waals surface area contributed by atoms with E-state index in [2.05, 4.69) is 32.0 Å². The van der Waals surface area contributed by atoms with Crippen LogP contribution >= 0.6 is 0 Å². The molecule has 0 aliphatic heterocycles. The summed E-state index contributed by atoms with van der Waals surface area (Å²) in [5, 5.41) is 0. The van der Waals surface area contributed by atoms with Crippen molar-refractivity contribution in [2.75, 3.05) is 13.6 Å². The first-order chi connectivity index (χ1) is 10.1. The molecule has 0 aliphatic rings. The minimum Gasteiger partial charge on any atom is -0.341 e. The van der Waals surface area contributed by atoms with Crippen molar-refractivity contribution < 1.29 is 4.79 Å². The largest absolute Gasteiger partial charge is 0.341 e. The van der Waals surface area contributed by atoms with Gasteiger partial charge in [-0.1, -0.05) is 49.6 Å². The number of amides is 1. The maximum atomic E-state index is 12.2. The Labute approximate surface area is 129 Å². The molecule has 0 aromatic heterocycles. The number of hydrogen-bond acceptors (Lipinski definition) is 2. The molecule has 1 atom stereocenters. The van der Waals surface area contributed by atoms with Crippen LogP contribution in [0.4, 0.5) is 0 Å². The van der Waals surface area contributed by atoms with Crippen LogP contribution in [0, 0.1) is 12.8 Å². The number of nitrogens with two attached hydrogens (primary N) is 1. The van der Waals surface area contributed by atoms with Gasteiger partial charge in [-0.15, -0.1) is 0 Å². The summed E-state index contributed by atoms with van der Waals surface area (Å²) in [5.41, 5.74) is 8.07. The van der Waals surface area contributed by atoms with E-state index in [0.29, 0.717) is 18.9 Å². The Hall–Kier alpha value is -1.35. The van der Waals surface area contributed by atoms with Gasteiger partial charge in [0.15, 0.2) is 0 Å². The maximum absolute atomic E-state index is 12.2. The van der Waals surface area contributed by atoms with Crippen molar-refractivity contribution in [3.8, 4) is 0 Å². The summed E-state index contributed by atoms with van der Waals surface area (Å²) in [4.78, 5) is 14.1. The van der Waals surface area contributed by atoms with E-state index in [1.54, 1.807) is 0 Å². The molecule has 0 spiro atoms. The molecule has 0 heterocycles. The fourth-order valence-electron chi connectivity index (χ4n) is 2.77. The quantitative estimate of drug-likeness (QED) is 0.756. The van der Waals surface area contributed by atoms with Crippen LogP contribution in [0.2, 0.25) is 0 Å². The Kier molecular flexibility index (Phi) is 8.06. The lowest BCUT2D eigenvalue weighted by Crippen LogP contribution is -2.26. The SMILES string of the molecule is CCCC(CCN)CCC(=O)N(C)Cc1cccc(C)c1. The van der Waals surface area contributed by atoms with E-state index in [0.717, 1.165) is 25.8 Å². The third-order valence-electron chi connectivity index (χ3n) is 3.97. The predicted octanol–water partition coefficient (Wildman–Crippen LogP) is 3.50. The van der Waals surface area contributed by atoms with Gasteiger partial charge < -0.3 is 10.6 Å². The topological polar surface area (TPSA) is 46.3 Å². The van der Waals surface area contributed by atoms with Crippen LogP contribution in [0.3, 0.4) is 0 Å². The van der Waals surface area contributed by atoms with Gasteiger partial charge in [0, 0.05) is 20.0 Å². The normalized spacial score (nSPS) is 12.2. The highest BCUT2D eigenvalue weighted by molar-refractivity contribution is 5.75. The van der Waals surface area contributed by atoms with Gasteiger partial charge in [0.05, 0.1) is 0 Å². The first kappa shape index (κ1) is 17.7. The Morgan fingerprint density at radius 1 is 1.29 bits per heavy atom.